The molecule has 1 aromatic carbocycles. The lowest BCUT2D eigenvalue weighted by atomic mass is 10.1. The molecule has 3 atom stereocenters. The molecule has 0 radical (unpaired) electrons. The number of nitrogens with zero attached hydrogens (tertiary/aromatic N) is 2. The topological polar surface area (TPSA) is 192 Å². The van der Waals surface area contributed by atoms with Gasteiger partial charge < -0.3 is 25.9 Å². The molecule has 12 heteroatoms. The van der Waals surface area contributed by atoms with Crippen molar-refractivity contribution < 1.29 is 39.8 Å². The Hall–Kier alpha value is -3.32. The van der Waals surface area contributed by atoms with Crippen LogP contribution in [0.4, 0.5) is 10.5 Å². The van der Waals surface area contributed by atoms with E-state index in [-0.39, 0.29) is 23.4 Å². The summed E-state index contributed by atoms with van der Waals surface area (Å²) in [7, 11) is 0. The molecule has 12 nitrogen and oxygen atoms in total. The van der Waals surface area contributed by atoms with E-state index in [2.05, 4.69) is 4.98 Å². The molecular formula is C15H16N4O8. The highest BCUT2D eigenvalue weighted by Gasteiger charge is 2.30. The molecular weight excluding hydrogens is 364 g/mol. The minimum atomic E-state index is -1.90. The monoisotopic (exact) mass is 380 g/mol. The first-order chi connectivity index (χ1) is 12.7. The van der Waals surface area contributed by atoms with E-state index >= 15 is 0 Å². The van der Waals surface area contributed by atoms with Crippen LogP contribution in [0.15, 0.2) is 36.8 Å². The first kappa shape index (κ1) is 20.0. The Kier molecular flexibility index (Phi) is 6.20. The lowest BCUT2D eigenvalue weighted by Crippen LogP contribution is -2.99. The molecule has 0 fully saturated rings. The van der Waals surface area contributed by atoms with Gasteiger partial charge in [0.1, 0.15) is 12.4 Å². The number of nitrogens with one attached hydrogen (secondary N) is 1. The summed E-state index contributed by atoms with van der Waals surface area (Å²) >= 11 is 0. The quantitative estimate of drug-likeness (QED) is 0.374. The van der Waals surface area contributed by atoms with Gasteiger partial charge in [0.15, 0.2) is 5.69 Å². The number of benzene rings is 1. The van der Waals surface area contributed by atoms with Crippen LogP contribution in [0.5, 0.6) is 0 Å². The van der Waals surface area contributed by atoms with Crippen molar-refractivity contribution in [3.63, 3.8) is 0 Å². The summed E-state index contributed by atoms with van der Waals surface area (Å²) in [5, 5.41) is 37.3. The number of para-hydroxylation sites is 1. The van der Waals surface area contributed by atoms with E-state index in [9.17, 15) is 29.9 Å². The van der Waals surface area contributed by atoms with Crippen LogP contribution in [0.3, 0.4) is 0 Å². The number of carbonyl (C=O) groups excluding carboxylic acids is 1. The maximum atomic E-state index is 12.3. The van der Waals surface area contributed by atoms with E-state index in [1.165, 1.54) is 30.5 Å². The molecule has 6 N–H and O–H groups in total. The number of nitrogens with two attached hydrogens (primary N) is 1. The van der Waals surface area contributed by atoms with Crippen LogP contribution in [-0.2, 0) is 20.7 Å². The SMILES string of the molecule is N[C@H](Cc1cncn1C(=O)OC(C(=O)O)c1ccccc1[NH+]([O-])O)C(=O)O. The molecule has 0 aliphatic carbocycles. The fraction of sp³-hybridized carbons (Fsp3) is 0.200. The number of hydrogen-bond acceptors (Lipinski definition) is 8. The fourth-order valence-corrected chi connectivity index (χ4v) is 2.28. The average Bonchev–Trinajstić information content (AvgIpc) is 3.07. The standard InChI is InChI=1S/C15H16N4O8/c16-10(13(20)21)5-8-6-17-7-18(8)15(24)27-12(14(22)23)9-3-1-2-4-11(9)19(25)26/h1-4,6-7,10,12,19,25H,5,16H2,(H,20,21)(H,22,23)/t10-,12?/m1/s1. The molecule has 144 valence electrons. The normalized spacial score (nSPS) is 14.2. The molecule has 2 aromatic rings. The number of hydrogen-bond donors (Lipinski definition) is 5. The van der Waals surface area contributed by atoms with Gasteiger partial charge >= 0.3 is 18.0 Å². The van der Waals surface area contributed by atoms with Crippen LogP contribution in [0.1, 0.15) is 17.4 Å². The molecule has 2 unspecified atom stereocenters. The summed E-state index contributed by atoms with van der Waals surface area (Å²) in [6.45, 7) is 0. The van der Waals surface area contributed by atoms with Crippen molar-refractivity contribution in [1.82, 2.24) is 9.55 Å². The molecule has 1 heterocycles. The molecule has 0 bridgehead atoms. The van der Waals surface area contributed by atoms with Gasteiger partial charge in [0, 0.05) is 18.7 Å². The lowest BCUT2D eigenvalue weighted by molar-refractivity contribution is -0.991. The van der Waals surface area contributed by atoms with Crippen LogP contribution in [-0.4, -0.2) is 49.0 Å². The third-order valence-electron chi connectivity index (χ3n) is 3.57. The van der Waals surface area contributed by atoms with Crippen LogP contribution in [0, 0.1) is 5.21 Å². The summed E-state index contributed by atoms with van der Waals surface area (Å²) < 4.78 is 5.76. The molecule has 0 saturated carbocycles. The smallest absolute Gasteiger partial charge is 0.420 e. The summed E-state index contributed by atoms with van der Waals surface area (Å²) in [5.41, 5.74) is 4.94. The zero-order valence-corrected chi connectivity index (χ0v) is 13.7. The second kappa shape index (κ2) is 8.37. The molecule has 0 spiro atoms. The fourth-order valence-electron chi connectivity index (χ4n) is 2.28. The number of rotatable bonds is 7. The molecule has 0 amide bonds. The number of aromatic nitrogens is 2. The van der Waals surface area contributed by atoms with Gasteiger partial charge in [-0.25, -0.2) is 24.3 Å². The van der Waals surface area contributed by atoms with E-state index < -0.39 is 35.4 Å². The van der Waals surface area contributed by atoms with Gasteiger partial charge in [-0.1, -0.05) is 12.1 Å². The van der Waals surface area contributed by atoms with E-state index in [0.717, 1.165) is 10.9 Å². The van der Waals surface area contributed by atoms with Gasteiger partial charge in [-0.3, -0.25) is 4.79 Å². The van der Waals surface area contributed by atoms with Crippen molar-refractivity contribution in [2.24, 2.45) is 5.73 Å². The molecule has 0 saturated heterocycles. The van der Waals surface area contributed by atoms with E-state index in [4.69, 9.17) is 15.6 Å². The summed E-state index contributed by atoms with van der Waals surface area (Å²) in [6.07, 6.45) is -1.13. The highest BCUT2D eigenvalue weighted by Crippen LogP contribution is 2.24. The van der Waals surface area contributed by atoms with Crippen molar-refractivity contribution in [1.29, 1.82) is 0 Å². The van der Waals surface area contributed by atoms with Gasteiger partial charge in [0.2, 0.25) is 6.10 Å². The number of carboxylic acid groups (broad SMARTS) is 2. The number of ether oxygens (including phenoxy) is 1. The van der Waals surface area contributed by atoms with E-state index in [1.807, 2.05) is 0 Å². The number of aliphatic carboxylic acids is 2. The molecule has 0 aliphatic rings. The number of carboxylic acids is 2. The highest BCUT2D eigenvalue weighted by molar-refractivity contribution is 5.81. The number of quaternary nitrogens is 1. The van der Waals surface area contributed by atoms with Gasteiger partial charge in [0.05, 0.1) is 11.3 Å². The zero-order chi connectivity index (χ0) is 20.1. The van der Waals surface area contributed by atoms with Crippen molar-refractivity contribution in [3.05, 3.63) is 53.3 Å². The maximum absolute atomic E-state index is 12.3. The summed E-state index contributed by atoms with van der Waals surface area (Å²) in [4.78, 5) is 38.4. The highest BCUT2D eigenvalue weighted by atomic mass is 16.8. The molecule has 1 aromatic heterocycles. The van der Waals surface area contributed by atoms with Gasteiger partial charge in [0.25, 0.3) is 0 Å². The summed E-state index contributed by atoms with van der Waals surface area (Å²) in [6, 6.07) is 3.88. The number of imidazole rings is 1. The Morgan fingerprint density at radius 2 is 1.93 bits per heavy atom. The van der Waals surface area contributed by atoms with Crippen LogP contribution < -0.4 is 11.0 Å². The van der Waals surface area contributed by atoms with E-state index in [1.54, 1.807) is 0 Å². The van der Waals surface area contributed by atoms with Crippen molar-refractivity contribution in [2.75, 3.05) is 0 Å². The Balaban J connectivity index is 2.29. The maximum Gasteiger partial charge on any atom is 0.420 e. The van der Waals surface area contributed by atoms with Crippen molar-refractivity contribution >= 4 is 23.7 Å². The predicted octanol–water partition coefficient (Wildman–Crippen LogP) is -0.948. The van der Waals surface area contributed by atoms with Gasteiger partial charge in [-0.15, -0.1) is 0 Å². The Morgan fingerprint density at radius 3 is 2.52 bits per heavy atom. The third kappa shape index (κ3) is 4.65. The second-order valence-electron chi connectivity index (χ2n) is 5.40. The first-order valence-corrected chi connectivity index (χ1v) is 7.48. The Morgan fingerprint density at radius 1 is 1.26 bits per heavy atom. The minimum absolute atomic E-state index is 0.0885. The summed E-state index contributed by atoms with van der Waals surface area (Å²) in [5.74, 6) is -2.88. The number of carbonyl (C=O) groups is 3. The minimum Gasteiger partial charge on any atom is -0.595 e. The van der Waals surface area contributed by atoms with Crippen molar-refractivity contribution in [2.45, 2.75) is 18.6 Å². The second-order valence-corrected chi connectivity index (χ2v) is 5.40. The Labute approximate surface area is 151 Å². The molecule has 0 aliphatic heterocycles. The van der Waals surface area contributed by atoms with Crippen LogP contribution >= 0.6 is 0 Å². The Bertz CT molecular complexity index is 850. The first-order valence-electron chi connectivity index (χ1n) is 7.48. The van der Waals surface area contributed by atoms with Crippen LogP contribution in [0.2, 0.25) is 0 Å². The molecule has 27 heavy (non-hydrogen) atoms. The van der Waals surface area contributed by atoms with Gasteiger partial charge in [-0.2, -0.15) is 5.23 Å². The van der Waals surface area contributed by atoms with Gasteiger partial charge in [-0.05, 0) is 6.07 Å². The average molecular weight is 380 g/mol. The van der Waals surface area contributed by atoms with E-state index in [0.29, 0.717) is 0 Å². The van der Waals surface area contributed by atoms with Crippen molar-refractivity contribution in [3.8, 4) is 0 Å². The largest absolute Gasteiger partial charge is 0.595 e. The third-order valence-corrected chi connectivity index (χ3v) is 3.57. The lowest BCUT2D eigenvalue weighted by Gasteiger charge is -2.20. The molecule has 2 rings (SSSR count). The zero-order valence-electron chi connectivity index (χ0n) is 13.7. The predicted molar refractivity (Wildman–Crippen MR) is 86.0 cm³/mol. The van der Waals surface area contributed by atoms with Crippen LogP contribution in [0.25, 0.3) is 0 Å².